The lowest BCUT2D eigenvalue weighted by atomic mass is 9.83. The van der Waals surface area contributed by atoms with Crippen LogP contribution in [-0.2, 0) is 5.41 Å². The molecule has 5 heteroatoms. The maximum Gasteiger partial charge on any atom is 0.262 e. The minimum Gasteiger partial charge on any atom is -0.507 e. The summed E-state index contributed by atoms with van der Waals surface area (Å²) in [6.07, 6.45) is 0. The third-order valence-electron chi connectivity index (χ3n) is 4.86. The quantitative estimate of drug-likeness (QED) is 0.467. The number of phenols is 2. The number of para-hydroxylation sites is 1. The normalized spacial score (nSPS) is 11.6. The summed E-state index contributed by atoms with van der Waals surface area (Å²) in [7, 11) is 0. The van der Waals surface area contributed by atoms with Gasteiger partial charge < -0.3 is 14.7 Å². The van der Waals surface area contributed by atoms with Gasteiger partial charge in [0.05, 0.1) is 11.1 Å². The summed E-state index contributed by atoms with van der Waals surface area (Å²) < 4.78 is 5.38. The molecule has 29 heavy (non-hydrogen) atoms. The molecule has 4 rings (SSSR count). The summed E-state index contributed by atoms with van der Waals surface area (Å²) in [6.45, 7) is 6.34. The Hall–Kier alpha value is -3.60. The van der Waals surface area contributed by atoms with Gasteiger partial charge in [-0.25, -0.2) is 0 Å². The summed E-state index contributed by atoms with van der Waals surface area (Å²) in [5, 5.41) is 25.2. The number of aromatic nitrogens is 2. The molecule has 1 heterocycles. The van der Waals surface area contributed by atoms with E-state index in [1.807, 2.05) is 42.5 Å². The molecule has 0 fully saturated rings. The van der Waals surface area contributed by atoms with Crippen molar-refractivity contribution in [3.63, 3.8) is 0 Å². The number of nitrogens with zero attached hydrogens (tertiary/aromatic N) is 2. The molecule has 0 radical (unpaired) electrons. The molecule has 4 aromatic rings. The topological polar surface area (TPSA) is 79.4 Å². The predicted octanol–water partition coefficient (Wildman–Crippen LogP) is 5.78. The van der Waals surface area contributed by atoms with E-state index in [1.165, 1.54) is 0 Å². The summed E-state index contributed by atoms with van der Waals surface area (Å²) in [5.41, 5.74) is 3.44. The van der Waals surface area contributed by atoms with Crippen LogP contribution in [0.2, 0.25) is 0 Å². The van der Waals surface area contributed by atoms with Gasteiger partial charge in [-0.1, -0.05) is 68.4 Å². The Kier molecular flexibility index (Phi) is 4.59. The van der Waals surface area contributed by atoms with Crippen molar-refractivity contribution in [1.82, 2.24) is 10.1 Å². The zero-order valence-corrected chi connectivity index (χ0v) is 16.5. The van der Waals surface area contributed by atoms with E-state index in [1.54, 1.807) is 24.3 Å². The molecular weight excluding hydrogens is 364 g/mol. The van der Waals surface area contributed by atoms with E-state index >= 15 is 0 Å². The molecule has 0 bridgehead atoms. The molecule has 5 nitrogen and oxygen atoms in total. The van der Waals surface area contributed by atoms with Crippen LogP contribution in [0.5, 0.6) is 11.5 Å². The van der Waals surface area contributed by atoms with Crippen molar-refractivity contribution in [3.8, 4) is 45.5 Å². The van der Waals surface area contributed by atoms with Crippen LogP contribution >= 0.6 is 0 Å². The molecule has 2 N–H and O–H groups in total. The lowest BCUT2D eigenvalue weighted by Crippen LogP contribution is -2.11. The third kappa shape index (κ3) is 3.59. The summed E-state index contributed by atoms with van der Waals surface area (Å²) in [4.78, 5) is 4.43. The minimum atomic E-state index is -0.143. The molecule has 0 amide bonds. The van der Waals surface area contributed by atoms with Crippen LogP contribution < -0.4 is 0 Å². The minimum absolute atomic E-state index is 0.0559. The van der Waals surface area contributed by atoms with Crippen LogP contribution in [0.25, 0.3) is 34.0 Å². The van der Waals surface area contributed by atoms with Crippen LogP contribution in [0.4, 0.5) is 0 Å². The first-order chi connectivity index (χ1) is 13.8. The van der Waals surface area contributed by atoms with Crippen molar-refractivity contribution in [2.24, 2.45) is 0 Å². The third-order valence-corrected chi connectivity index (χ3v) is 4.86. The maximum atomic E-state index is 11.0. The van der Waals surface area contributed by atoms with Crippen molar-refractivity contribution in [3.05, 3.63) is 72.3 Å². The Morgan fingerprint density at radius 2 is 1.45 bits per heavy atom. The van der Waals surface area contributed by atoms with Gasteiger partial charge in [-0.05, 0) is 40.8 Å². The van der Waals surface area contributed by atoms with Gasteiger partial charge in [-0.2, -0.15) is 4.98 Å². The highest BCUT2D eigenvalue weighted by molar-refractivity contribution is 5.81. The number of benzene rings is 3. The number of rotatable bonds is 3. The van der Waals surface area contributed by atoms with Crippen LogP contribution in [0.15, 0.2) is 71.3 Å². The van der Waals surface area contributed by atoms with Crippen molar-refractivity contribution in [2.75, 3.05) is 0 Å². The van der Waals surface area contributed by atoms with E-state index in [4.69, 9.17) is 4.52 Å². The van der Waals surface area contributed by atoms with Gasteiger partial charge in [0.2, 0.25) is 5.82 Å². The molecule has 0 aliphatic rings. The van der Waals surface area contributed by atoms with E-state index in [2.05, 4.69) is 30.9 Å². The van der Waals surface area contributed by atoms with E-state index in [0.717, 1.165) is 11.1 Å². The van der Waals surface area contributed by atoms with E-state index in [0.29, 0.717) is 16.7 Å². The summed E-state index contributed by atoms with van der Waals surface area (Å²) in [6, 6.07) is 20.4. The summed E-state index contributed by atoms with van der Waals surface area (Å²) in [5.74, 6) is 0.609. The lowest BCUT2D eigenvalue weighted by Gasteiger charge is -2.22. The van der Waals surface area contributed by atoms with Gasteiger partial charge in [0, 0.05) is 5.56 Å². The standard InChI is InChI=1S/C24H22N2O3/c1-24(2,3)16-13-18(15-9-5-4-6-10-15)21(28)19(14-16)22-25-23(29-26-22)17-11-7-8-12-20(17)27/h4-14,27-28H,1-3H3. The van der Waals surface area contributed by atoms with Crippen molar-refractivity contribution < 1.29 is 14.7 Å². The second-order valence-corrected chi connectivity index (χ2v) is 7.98. The van der Waals surface area contributed by atoms with Crippen molar-refractivity contribution in [1.29, 1.82) is 0 Å². The smallest absolute Gasteiger partial charge is 0.262 e. The van der Waals surface area contributed by atoms with Gasteiger partial charge in [-0.3, -0.25) is 0 Å². The second kappa shape index (κ2) is 7.09. The molecule has 3 aromatic carbocycles. The van der Waals surface area contributed by atoms with Crippen LogP contribution in [-0.4, -0.2) is 20.4 Å². The average Bonchev–Trinajstić information content (AvgIpc) is 3.18. The largest absolute Gasteiger partial charge is 0.507 e. The molecule has 0 saturated heterocycles. The van der Waals surface area contributed by atoms with Crippen molar-refractivity contribution >= 4 is 0 Å². The highest BCUT2D eigenvalue weighted by Crippen LogP contribution is 2.41. The number of hydrogen-bond acceptors (Lipinski definition) is 5. The molecule has 0 saturated carbocycles. The Labute approximate surface area is 169 Å². The van der Waals surface area contributed by atoms with Gasteiger partial charge in [0.1, 0.15) is 11.5 Å². The number of hydrogen-bond donors (Lipinski definition) is 2. The maximum absolute atomic E-state index is 11.0. The number of aromatic hydroxyl groups is 2. The van der Waals surface area contributed by atoms with E-state index < -0.39 is 0 Å². The van der Waals surface area contributed by atoms with Gasteiger partial charge in [0.25, 0.3) is 5.89 Å². The van der Waals surface area contributed by atoms with Crippen LogP contribution in [0.1, 0.15) is 26.3 Å². The van der Waals surface area contributed by atoms with Gasteiger partial charge in [-0.15, -0.1) is 0 Å². The molecule has 0 spiro atoms. The fraction of sp³-hybridized carbons (Fsp3) is 0.167. The molecule has 0 aliphatic heterocycles. The van der Waals surface area contributed by atoms with Crippen LogP contribution in [0.3, 0.4) is 0 Å². The van der Waals surface area contributed by atoms with Gasteiger partial charge >= 0.3 is 0 Å². The van der Waals surface area contributed by atoms with Crippen molar-refractivity contribution in [2.45, 2.75) is 26.2 Å². The van der Waals surface area contributed by atoms with E-state index in [9.17, 15) is 10.2 Å². The van der Waals surface area contributed by atoms with E-state index in [-0.39, 0.29) is 28.6 Å². The number of phenolic OH excluding ortho intramolecular Hbond substituents is 2. The SMILES string of the molecule is CC(C)(C)c1cc(-c2ccccc2)c(O)c(-c2noc(-c3ccccc3O)n2)c1. The molecular formula is C24H22N2O3. The van der Waals surface area contributed by atoms with Crippen LogP contribution in [0, 0.1) is 0 Å². The Balaban J connectivity index is 1.89. The highest BCUT2D eigenvalue weighted by atomic mass is 16.5. The monoisotopic (exact) mass is 386 g/mol. The first kappa shape index (κ1) is 18.7. The second-order valence-electron chi connectivity index (χ2n) is 7.98. The fourth-order valence-electron chi connectivity index (χ4n) is 3.17. The average molecular weight is 386 g/mol. The fourth-order valence-corrected chi connectivity index (χ4v) is 3.17. The zero-order valence-electron chi connectivity index (χ0n) is 16.5. The lowest BCUT2D eigenvalue weighted by molar-refractivity contribution is 0.424. The Morgan fingerprint density at radius 1 is 0.793 bits per heavy atom. The highest BCUT2D eigenvalue weighted by Gasteiger charge is 2.23. The first-order valence-corrected chi connectivity index (χ1v) is 9.40. The summed E-state index contributed by atoms with van der Waals surface area (Å²) >= 11 is 0. The Morgan fingerprint density at radius 3 is 2.14 bits per heavy atom. The zero-order chi connectivity index (χ0) is 20.6. The molecule has 0 unspecified atom stereocenters. The molecule has 0 atom stereocenters. The predicted molar refractivity (Wildman–Crippen MR) is 113 cm³/mol. The Bertz CT molecular complexity index is 1160. The molecule has 0 aliphatic carbocycles. The first-order valence-electron chi connectivity index (χ1n) is 9.40. The van der Waals surface area contributed by atoms with Gasteiger partial charge in [0.15, 0.2) is 0 Å². The molecule has 146 valence electrons. The molecule has 1 aromatic heterocycles.